The molecule has 208 valence electrons. The Morgan fingerprint density at radius 1 is 0.974 bits per heavy atom. The van der Waals surface area contributed by atoms with Crippen LogP contribution >= 0.6 is 0 Å². The Hall–Kier alpha value is -3.42. The van der Waals surface area contributed by atoms with Crippen molar-refractivity contribution < 1.29 is 33.6 Å². The zero-order valence-corrected chi connectivity index (χ0v) is 23.1. The summed E-state index contributed by atoms with van der Waals surface area (Å²) < 4.78 is 23.0. The molecule has 0 aromatic heterocycles. The van der Waals surface area contributed by atoms with Gasteiger partial charge < -0.3 is 24.1 Å². The molecule has 1 amide bonds. The third kappa shape index (κ3) is 7.33. The van der Waals surface area contributed by atoms with Crippen molar-refractivity contribution in [3.05, 3.63) is 47.5 Å². The number of methoxy groups -OCH3 is 1. The molecule has 0 bridgehead atoms. The molecular weight excluding hydrogens is 486 g/mol. The number of amides is 1. The summed E-state index contributed by atoms with van der Waals surface area (Å²) in [6.07, 6.45) is 7.19. The van der Waals surface area contributed by atoms with Crippen molar-refractivity contribution in [2.45, 2.75) is 77.7 Å². The molecule has 1 saturated heterocycles. The normalized spacial score (nSPS) is 16.8. The van der Waals surface area contributed by atoms with Gasteiger partial charge in [0.05, 0.1) is 32.4 Å². The van der Waals surface area contributed by atoms with Crippen molar-refractivity contribution in [3.8, 4) is 17.2 Å². The van der Waals surface area contributed by atoms with Crippen LogP contribution in [0.5, 0.6) is 17.2 Å². The number of carboxylic acid groups (broad SMARTS) is 1. The number of hydrogen-bond donors (Lipinski definition) is 1. The van der Waals surface area contributed by atoms with Gasteiger partial charge in [0.25, 0.3) is 0 Å². The summed E-state index contributed by atoms with van der Waals surface area (Å²) in [5, 5.41) is 9.14. The summed E-state index contributed by atoms with van der Waals surface area (Å²) >= 11 is 0. The van der Waals surface area contributed by atoms with Gasteiger partial charge in [-0.15, -0.1) is 0 Å². The van der Waals surface area contributed by atoms with Crippen LogP contribution in [0.25, 0.3) is 0 Å². The lowest BCUT2D eigenvalue weighted by Gasteiger charge is -2.26. The average molecular weight is 528 g/mol. The van der Waals surface area contributed by atoms with E-state index in [1.54, 1.807) is 24.1 Å². The number of benzene rings is 2. The Balaban J connectivity index is 1.53. The van der Waals surface area contributed by atoms with E-state index in [0.717, 1.165) is 56.9 Å². The second-order valence-corrected chi connectivity index (χ2v) is 9.64. The van der Waals surface area contributed by atoms with Gasteiger partial charge >= 0.3 is 12.1 Å². The van der Waals surface area contributed by atoms with E-state index in [9.17, 15) is 9.59 Å². The van der Waals surface area contributed by atoms with Gasteiger partial charge in [-0.1, -0.05) is 26.2 Å². The van der Waals surface area contributed by atoms with E-state index < -0.39 is 11.6 Å². The zero-order chi connectivity index (χ0) is 27.5. The second-order valence-electron chi connectivity index (χ2n) is 9.64. The van der Waals surface area contributed by atoms with E-state index in [4.69, 9.17) is 24.1 Å². The minimum absolute atomic E-state index is 0.194. The lowest BCUT2D eigenvalue weighted by molar-refractivity contribution is 0.0395. The summed E-state index contributed by atoms with van der Waals surface area (Å²) in [4.78, 5) is 25.5. The van der Waals surface area contributed by atoms with Gasteiger partial charge in [-0.2, -0.15) is 0 Å². The van der Waals surface area contributed by atoms with Crippen LogP contribution < -0.4 is 19.1 Å². The molecule has 1 heterocycles. The number of aryl methyl sites for hydroxylation is 1. The molecule has 8 heteroatoms. The highest BCUT2D eigenvalue weighted by atomic mass is 16.6. The van der Waals surface area contributed by atoms with Gasteiger partial charge in [0.2, 0.25) is 5.75 Å². The molecule has 1 aliphatic rings. The van der Waals surface area contributed by atoms with Crippen LogP contribution in [0, 0.1) is 0 Å². The Kier molecular flexibility index (Phi) is 10.7. The number of carbonyl (C=O) groups excluding carboxylic acids is 1. The van der Waals surface area contributed by atoms with Gasteiger partial charge in [-0.3, -0.25) is 4.90 Å². The largest absolute Gasteiger partial charge is 0.490 e. The first kappa shape index (κ1) is 29.1. The standard InChI is InChI=1S/C30H41NO7/c1-5-17-30(21-31(29(34)38-30)24-15-13-23(14-16-24)28(32)33)18-11-9-8-10-12-22-19-25(36-6-2)27(35-4)26(20-22)37-7-3/h13-16,19-20H,5-12,17-18,21H2,1-4H3,(H,32,33). The fourth-order valence-electron chi connectivity index (χ4n) is 5.08. The van der Waals surface area contributed by atoms with Crippen molar-refractivity contribution in [3.63, 3.8) is 0 Å². The first-order valence-electron chi connectivity index (χ1n) is 13.7. The third-order valence-corrected chi connectivity index (χ3v) is 6.83. The summed E-state index contributed by atoms with van der Waals surface area (Å²) in [6.45, 7) is 7.60. The Morgan fingerprint density at radius 2 is 1.61 bits per heavy atom. The molecular formula is C30H41NO7. The van der Waals surface area contributed by atoms with E-state index in [0.29, 0.717) is 42.7 Å². The van der Waals surface area contributed by atoms with E-state index in [1.807, 2.05) is 26.0 Å². The van der Waals surface area contributed by atoms with Gasteiger partial charge in [0, 0.05) is 5.69 Å². The van der Waals surface area contributed by atoms with Gasteiger partial charge in [-0.25, -0.2) is 9.59 Å². The predicted molar refractivity (Wildman–Crippen MR) is 147 cm³/mol. The SMILES string of the molecule is CCCC1(CCCCCCc2cc(OCC)c(OC)c(OCC)c2)CN(c2ccc(C(=O)O)cc2)C(=O)O1. The Morgan fingerprint density at radius 3 is 2.16 bits per heavy atom. The highest BCUT2D eigenvalue weighted by Crippen LogP contribution is 2.39. The molecule has 0 spiro atoms. The van der Waals surface area contributed by atoms with Crippen LogP contribution in [0.2, 0.25) is 0 Å². The van der Waals surface area contributed by atoms with E-state index in [2.05, 4.69) is 6.92 Å². The minimum atomic E-state index is -0.989. The number of rotatable bonds is 16. The number of nitrogens with zero attached hydrogens (tertiary/aromatic N) is 1. The van der Waals surface area contributed by atoms with Crippen LogP contribution in [0.3, 0.4) is 0 Å². The molecule has 1 aliphatic heterocycles. The van der Waals surface area contributed by atoms with E-state index >= 15 is 0 Å². The number of carbonyl (C=O) groups is 2. The van der Waals surface area contributed by atoms with Crippen molar-refractivity contribution in [2.24, 2.45) is 0 Å². The minimum Gasteiger partial charge on any atom is -0.490 e. The zero-order valence-electron chi connectivity index (χ0n) is 23.1. The predicted octanol–water partition coefficient (Wildman–Crippen LogP) is 6.88. The maximum atomic E-state index is 12.7. The number of ether oxygens (including phenoxy) is 4. The monoisotopic (exact) mass is 527 g/mol. The smallest absolute Gasteiger partial charge is 0.415 e. The van der Waals surface area contributed by atoms with Crippen molar-refractivity contribution >= 4 is 17.7 Å². The molecule has 38 heavy (non-hydrogen) atoms. The maximum Gasteiger partial charge on any atom is 0.415 e. The molecule has 1 fully saturated rings. The van der Waals surface area contributed by atoms with Crippen LogP contribution in [-0.2, 0) is 11.2 Å². The fourth-order valence-corrected chi connectivity index (χ4v) is 5.08. The molecule has 1 atom stereocenters. The third-order valence-electron chi connectivity index (χ3n) is 6.83. The molecule has 0 saturated carbocycles. The second kappa shape index (κ2) is 13.9. The maximum absolute atomic E-state index is 12.7. The molecule has 0 aliphatic carbocycles. The molecule has 1 N–H and O–H groups in total. The Bertz CT molecular complexity index is 1040. The van der Waals surface area contributed by atoms with Crippen molar-refractivity contribution in [1.82, 2.24) is 0 Å². The number of carboxylic acids is 1. The van der Waals surface area contributed by atoms with Gasteiger partial charge in [0.1, 0.15) is 5.60 Å². The first-order chi connectivity index (χ1) is 18.4. The fraction of sp³-hybridized carbons (Fsp3) is 0.533. The number of aromatic carboxylic acids is 1. The number of unbranched alkanes of at least 4 members (excludes halogenated alkanes) is 3. The summed E-state index contributed by atoms with van der Waals surface area (Å²) in [6, 6.07) is 10.4. The summed E-state index contributed by atoms with van der Waals surface area (Å²) in [5.74, 6) is 1.07. The molecule has 2 aromatic carbocycles. The van der Waals surface area contributed by atoms with Gasteiger partial charge in [-0.05, 0) is 87.9 Å². The first-order valence-corrected chi connectivity index (χ1v) is 13.7. The van der Waals surface area contributed by atoms with Crippen molar-refractivity contribution in [1.29, 1.82) is 0 Å². The van der Waals surface area contributed by atoms with Crippen LogP contribution in [0.1, 0.15) is 81.6 Å². The summed E-state index contributed by atoms with van der Waals surface area (Å²) in [7, 11) is 1.63. The highest BCUT2D eigenvalue weighted by molar-refractivity contribution is 5.92. The average Bonchev–Trinajstić information content (AvgIpc) is 3.22. The van der Waals surface area contributed by atoms with Gasteiger partial charge in [0.15, 0.2) is 11.5 Å². The number of hydrogen-bond acceptors (Lipinski definition) is 6. The molecule has 1 unspecified atom stereocenters. The quantitative estimate of drug-likeness (QED) is 0.238. The topological polar surface area (TPSA) is 94.5 Å². The molecule has 2 aromatic rings. The molecule has 3 rings (SSSR count). The van der Waals surface area contributed by atoms with Crippen LogP contribution in [0.4, 0.5) is 10.5 Å². The van der Waals surface area contributed by atoms with Crippen LogP contribution in [-0.4, -0.2) is 49.6 Å². The van der Waals surface area contributed by atoms with E-state index in [-0.39, 0.29) is 11.7 Å². The lowest BCUT2D eigenvalue weighted by atomic mass is 9.90. The molecule has 0 radical (unpaired) electrons. The van der Waals surface area contributed by atoms with Crippen molar-refractivity contribution in [2.75, 3.05) is 31.8 Å². The Labute approximate surface area is 225 Å². The summed E-state index contributed by atoms with van der Waals surface area (Å²) in [5.41, 5.74) is 1.51. The van der Waals surface area contributed by atoms with Crippen LogP contribution in [0.15, 0.2) is 36.4 Å². The van der Waals surface area contributed by atoms with E-state index in [1.165, 1.54) is 12.1 Å². The molecule has 8 nitrogen and oxygen atoms in total. The highest BCUT2D eigenvalue weighted by Gasteiger charge is 2.44. The number of cyclic esters (lactones) is 1. The lowest BCUT2D eigenvalue weighted by Crippen LogP contribution is -2.34. The number of anilines is 1.